The number of halogens is 1. The lowest BCUT2D eigenvalue weighted by Crippen LogP contribution is -2.24. The largest absolute Gasteiger partial charge is 0.326 e. The fourth-order valence-corrected chi connectivity index (χ4v) is 4.85. The van der Waals surface area contributed by atoms with Crippen LogP contribution < -0.4 is 10.9 Å². The molecule has 0 saturated heterocycles. The molecule has 37 heavy (non-hydrogen) atoms. The van der Waals surface area contributed by atoms with E-state index in [1.54, 1.807) is 0 Å². The highest BCUT2D eigenvalue weighted by molar-refractivity contribution is 6.31. The van der Waals surface area contributed by atoms with Crippen molar-refractivity contribution in [3.63, 3.8) is 0 Å². The fraction of sp³-hybridized carbons (Fsp3) is 0.161. The standard InChI is InChI=1S/C31H29ClN4O/c1-21(2)19-30(37)34-27-12-6-4-10-25(27)22-15-17-24(18-16-22)36-29-14-8-7-13-28(29)35(31(36)33)20-23-9-3-5-11-26(23)32/h3-18,21,33H,19-20H2,1-2H3,(H,34,37). The Kier molecular flexibility index (Phi) is 6.97. The molecule has 4 aromatic carbocycles. The molecule has 5 aromatic rings. The molecule has 0 atom stereocenters. The molecule has 0 spiro atoms. The number of amides is 1. The van der Waals surface area contributed by atoms with Crippen molar-refractivity contribution in [2.24, 2.45) is 5.92 Å². The van der Waals surface area contributed by atoms with Crippen molar-refractivity contribution in [3.05, 3.63) is 113 Å². The molecule has 186 valence electrons. The second kappa shape index (κ2) is 10.5. The van der Waals surface area contributed by atoms with Gasteiger partial charge >= 0.3 is 0 Å². The molecule has 6 heteroatoms. The number of anilines is 1. The van der Waals surface area contributed by atoms with Gasteiger partial charge in [-0.15, -0.1) is 0 Å². The van der Waals surface area contributed by atoms with Crippen molar-refractivity contribution in [1.29, 1.82) is 5.41 Å². The summed E-state index contributed by atoms with van der Waals surface area (Å²) < 4.78 is 3.93. The van der Waals surface area contributed by atoms with E-state index >= 15 is 0 Å². The minimum Gasteiger partial charge on any atom is -0.326 e. The lowest BCUT2D eigenvalue weighted by Gasteiger charge is -2.13. The van der Waals surface area contributed by atoms with E-state index in [2.05, 4.69) is 5.32 Å². The third kappa shape index (κ3) is 5.09. The zero-order chi connectivity index (χ0) is 25.9. The maximum absolute atomic E-state index is 12.4. The first-order chi connectivity index (χ1) is 17.9. The second-order valence-electron chi connectivity index (χ2n) is 9.56. The number of nitrogens with zero attached hydrogens (tertiary/aromatic N) is 2. The number of hydrogen-bond acceptors (Lipinski definition) is 2. The predicted octanol–water partition coefficient (Wildman–Crippen LogP) is 7.26. The number of hydrogen-bond donors (Lipinski definition) is 2. The van der Waals surface area contributed by atoms with Gasteiger partial charge in [0.15, 0.2) is 0 Å². The molecule has 0 saturated carbocycles. The molecule has 5 nitrogen and oxygen atoms in total. The quantitative estimate of drug-likeness (QED) is 0.238. The van der Waals surface area contributed by atoms with Gasteiger partial charge in [0.05, 0.1) is 17.6 Å². The number of imidazole rings is 1. The average Bonchev–Trinajstić information content (AvgIpc) is 3.16. The summed E-state index contributed by atoms with van der Waals surface area (Å²) in [5, 5.41) is 12.8. The van der Waals surface area contributed by atoms with Gasteiger partial charge in [0.25, 0.3) is 0 Å². The Morgan fingerprint density at radius 1 is 0.865 bits per heavy atom. The molecule has 0 radical (unpaired) electrons. The van der Waals surface area contributed by atoms with Crippen molar-refractivity contribution in [1.82, 2.24) is 9.13 Å². The molecule has 0 aliphatic rings. The van der Waals surface area contributed by atoms with Gasteiger partial charge in [0.2, 0.25) is 11.5 Å². The topological polar surface area (TPSA) is 62.8 Å². The highest BCUT2D eigenvalue weighted by atomic mass is 35.5. The van der Waals surface area contributed by atoms with Crippen LogP contribution in [0.4, 0.5) is 5.69 Å². The molecule has 0 fully saturated rings. The SMILES string of the molecule is CC(C)CC(=O)Nc1ccccc1-c1ccc(-n2c(=N)n(Cc3ccccc3Cl)c3ccccc32)cc1. The van der Waals surface area contributed by atoms with Crippen LogP contribution in [0.2, 0.25) is 5.02 Å². The summed E-state index contributed by atoms with van der Waals surface area (Å²) in [5.74, 6) is 0.308. The first-order valence-corrected chi connectivity index (χ1v) is 12.8. The molecule has 1 aromatic heterocycles. The molecule has 0 bridgehead atoms. The Balaban J connectivity index is 1.52. The number of benzene rings is 4. The summed E-state index contributed by atoms with van der Waals surface area (Å²) in [6.45, 7) is 4.58. The normalized spacial score (nSPS) is 11.2. The maximum Gasteiger partial charge on any atom is 0.224 e. The molecule has 0 unspecified atom stereocenters. The number of para-hydroxylation sites is 3. The monoisotopic (exact) mass is 508 g/mol. The summed E-state index contributed by atoms with van der Waals surface area (Å²) in [5.41, 5.74) is 6.91. The number of carbonyl (C=O) groups excluding carboxylic acids is 1. The Bertz CT molecular complexity index is 1630. The number of rotatable bonds is 7. The fourth-order valence-electron chi connectivity index (χ4n) is 4.65. The Labute approximate surface area is 221 Å². The van der Waals surface area contributed by atoms with Crippen LogP contribution in [0.5, 0.6) is 0 Å². The lowest BCUT2D eigenvalue weighted by molar-refractivity contribution is -0.116. The van der Waals surface area contributed by atoms with Crippen molar-refractivity contribution in [2.45, 2.75) is 26.8 Å². The maximum atomic E-state index is 12.4. The van der Waals surface area contributed by atoms with Crippen LogP contribution in [0.1, 0.15) is 25.8 Å². The summed E-state index contributed by atoms with van der Waals surface area (Å²) in [7, 11) is 0. The van der Waals surface area contributed by atoms with E-state index in [-0.39, 0.29) is 5.91 Å². The van der Waals surface area contributed by atoms with Gasteiger partial charge in [0, 0.05) is 28.4 Å². The zero-order valence-corrected chi connectivity index (χ0v) is 21.7. The number of carbonyl (C=O) groups is 1. The van der Waals surface area contributed by atoms with Gasteiger partial charge in [-0.05, 0) is 53.4 Å². The highest BCUT2D eigenvalue weighted by Gasteiger charge is 2.15. The van der Waals surface area contributed by atoms with E-state index < -0.39 is 0 Å². The van der Waals surface area contributed by atoms with Crippen molar-refractivity contribution in [3.8, 4) is 16.8 Å². The van der Waals surface area contributed by atoms with Crippen LogP contribution in [0, 0.1) is 11.3 Å². The van der Waals surface area contributed by atoms with Gasteiger partial charge < -0.3 is 9.88 Å². The Hall–Kier alpha value is -4.09. The van der Waals surface area contributed by atoms with Crippen LogP contribution in [0.15, 0.2) is 97.1 Å². The van der Waals surface area contributed by atoms with Gasteiger partial charge in [-0.1, -0.05) is 86.1 Å². The van der Waals surface area contributed by atoms with Gasteiger partial charge in [0.1, 0.15) is 0 Å². The molecular weight excluding hydrogens is 480 g/mol. The second-order valence-corrected chi connectivity index (χ2v) is 9.97. The number of nitrogens with one attached hydrogen (secondary N) is 2. The summed E-state index contributed by atoms with van der Waals surface area (Å²) in [6.07, 6.45) is 0.481. The first-order valence-electron chi connectivity index (χ1n) is 12.4. The molecule has 0 aliphatic carbocycles. The zero-order valence-electron chi connectivity index (χ0n) is 20.9. The number of fused-ring (bicyclic) bond motifs is 1. The van der Waals surface area contributed by atoms with Crippen LogP contribution in [0.25, 0.3) is 27.8 Å². The molecule has 1 amide bonds. The Morgan fingerprint density at radius 3 is 2.24 bits per heavy atom. The summed E-state index contributed by atoms with van der Waals surface area (Å²) in [4.78, 5) is 12.4. The average molecular weight is 509 g/mol. The van der Waals surface area contributed by atoms with Crippen LogP contribution in [0.3, 0.4) is 0 Å². The number of aromatic nitrogens is 2. The van der Waals surface area contributed by atoms with Crippen molar-refractivity contribution in [2.75, 3.05) is 5.32 Å². The lowest BCUT2D eigenvalue weighted by atomic mass is 10.0. The van der Waals surface area contributed by atoms with E-state index in [9.17, 15) is 4.79 Å². The van der Waals surface area contributed by atoms with E-state index in [1.807, 2.05) is 120 Å². The summed E-state index contributed by atoms with van der Waals surface area (Å²) in [6, 6.07) is 31.8. The van der Waals surface area contributed by atoms with Gasteiger partial charge in [-0.2, -0.15) is 0 Å². The first kappa shape index (κ1) is 24.6. The van der Waals surface area contributed by atoms with E-state index in [1.165, 1.54) is 0 Å². The Morgan fingerprint density at radius 2 is 1.51 bits per heavy atom. The van der Waals surface area contributed by atoms with E-state index in [0.717, 1.165) is 39.1 Å². The molecular formula is C31H29ClN4O. The summed E-state index contributed by atoms with van der Waals surface area (Å²) >= 11 is 6.44. The van der Waals surface area contributed by atoms with Crippen LogP contribution in [-0.2, 0) is 11.3 Å². The van der Waals surface area contributed by atoms with E-state index in [0.29, 0.717) is 29.5 Å². The van der Waals surface area contributed by atoms with E-state index in [4.69, 9.17) is 17.0 Å². The highest BCUT2D eigenvalue weighted by Crippen LogP contribution is 2.29. The molecule has 5 rings (SSSR count). The van der Waals surface area contributed by atoms with Crippen molar-refractivity contribution < 1.29 is 4.79 Å². The van der Waals surface area contributed by atoms with Crippen LogP contribution in [-0.4, -0.2) is 15.0 Å². The minimum atomic E-state index is 0.0137. The van der Waals surface area contributed by atoms with Gasteiger partial charge in [-0.25, -0.2) is 0 Å². The van der Waals surface area contributed by atoms with Gasteiger partial charge in [-0.3, -0.25) is 14.8 Å². The third-order valence-corrected chi connectivity index (χ3v) is 6.77. The molecule has 1 heterocycles. The molecule has 2 N–H and O–H groups in total. The molecule has 0 aliphatic heterocycles. The predicted molar refractivity (Wildman–Crippen MR) is 151 cm³/mol. The minimum absolute atomic E-state index is 0.0137. The van der Waals surface area contributed by atoms with Crippen molar-refractivity contribution >= 4 is 34.2 Å². The van der Waals surface area contributed by atoms with Crippen LogP contribution >= 0.6 is 11.6 Å². The smallest absolute Gasteiger partial charge is 0.224 e. The third-order valence-electron chi connectivity index (χ3n) is 6.40.